The van der Waals surface area contributed by atoms with Gasteiger partial charge in [-0.1, -0.05) is 49.4 Å². The molecule has 0 aliphatic heterocycles. The fraction of sp³-hybridized carbons (Fsp3) is 0.192. The number of carbonyl (C=O) groups is 1. The van der Waals surface area contributed by atoms with Crippen molar-refractivity contribution in [3.05, 3.63) is 101 Å². The van der Waals surface area contributed by atoms with Gasteiger partial charge in [-0.3, -0.25) is 4.79 Å². The van der Waals surface area contributed by atoms with Gasteiger partial charge in [-0.15, -0.1) is 0 Å². The first kappa shape index (κ1) is 19.0. The zero-order valence-corrected chi connectivity index (χ0v) is 17.2. The van der Waals surface area contributed by atoms with Crippen LogP contribution in [0.5, 0.6) is 0 Å². The molecular formula is C26H26N2O. The zero-order valence-electron chi connectivity index (χ0n) is 17.2. The van der Waals surface area contributed by atoms with Gasteiger partial charge in [0.05, 0.1) is 0 Å². The Morgan fingerprint density at radius 2 is 1.62 bits per heavy atom. The smallest absolute Gasteiger partial charge is 0.255 e. The van der Waals surface area contributed by atoms with E-state index in [1.54, 1.807) is 0 Å². The number of nitrogens with zero attached hydrogens (tertiary/aromatic N) is 1. The highest BCUT2D eigenvalue weighted by molar-refractivity contribution is 6.06. The molecule has 3 heteroatoms. The Labute approximate surface area is 172 Å². The summed E-state index contributed by atoms with van der Waals surface area (Å²) in [5, 5.41) is 4.14. The van der Waals surface area contributed by atoms with Crippen LogP contribution in [0.2, 0.25) is 0 Å². The minimum Gasteiger partial charge on any atom is -0.340 e. The summed E-state index contributed by atoms with van der Waals surface area (Å²) in [5.74, 6) is -0.0796. The first-order chi connectivity index (χ1) is 14.1. The predicted octanol–water partition coefficient (Wildman–Crippen LogP) is 6.12. The summed E-state index contributed by atoms with van der Waals surface area (Å²) in [4.78, 5) is 12.8. The first-order valence-electron chi connectivity index (χ1n) is 10.1. The van der Waals surface area contributed by atoms with Crippen molar-refractivity contribution in [2.45, 2.75) is 33.7 Å². The van der Waals surface area contributed by atoms with Crippen LogP contribution in [0.25, 0.3) is 10.9 Å². The number of aryl methyl sites for hydroxylation is 2. The molecule has 1 heterocycles. The van der Waals surface area contributed by atoms with Crippen molar-refractivity contribution in [2.75, 3.05) is 5.32 Å². The van der Waals surface area contributed by atoms with E-state index in [9.17, 15) is 4.79 Å². The number of benzene rings is 3. The SMILES string of the molecule is CCc1ccc(NC(=O)c2ccc3c(c2)c(C)c(C)n3Cc2ccccc2)cc1. The topological polar surface area (TPSA) is 34.0 Å². The van der Waals surface area contributed by atoms with E-state index in [0.29, 0.717) is 5.56 Å². The molecule has 0 aliphatic carbocycles. The van der Waals surface area contributed by atoms with Gasteiger partial charge in [0.15, 0.2) is 0 Å². The van der Waals surface area contributed by atoms with Crippen LogP contribution in [0.3, 0.4) is 0 Å². The van der Waals surface area contributed by atoms with Gasteiger partial charge in [0.25, 0.3) is 5.91 Å². The predicted molar refractivity (Wildman–Crippen MR) is 121 cm³/mol. The summed E-state index contributed by atoms with van der Waals surface area (Å²) in [7, 11) is 0. The van der Waals surface area contributed by atoms with Gasteiger partial charge in [-0.2, -0.15) is 0 Å². The molecule has 4 rings (SSSR count). The Kier molecular flexibility index (Phi) is 5.22. The van der Waals surface area contributed by atoms with Gasteiger partial charge >= 0.3 is 0 Å². The average molecular weight is 383 g/mol. The van der Waals surface area contributed by atoms with Crippen LogP contribution in [0.4, 0.5) is 5.69 Å². The maximum absolute atomic E-state index is 12.8. The first-order valence-corrected chi connectivity index (χ1v) is 10.1. The Hall–Kier alpha value is -3.33. The summed E-state index contributed by atoms with van der Waals surface area (Å²) >= 11 is 0. The Bertz CT molecular complexity index is 1160. The van der Waals surface area contributed by atoms with Crippen molar-refractivity contribution in [1.29, 1.82) is 0 Å². The van der Waals surface area contributed by atoms with E-state index < -0.39 is 0 Å². The molecule has 0 radical (unpaired) electrons. The fourth-order valence-electron chi connectivity index (χ4n) is 3.79. The molecule has 3 nitrogen and oxygen atoms in total. The molecule has 29 heavy (non-hydrogen) atoms. The van der Waals surface area contributed by atoms with Crippen LogP contribution in [0, 0.1) is 13.8 Å². The van der Waals surface area contributed by atoms with Crippen molar-refractivity contribution in [2.24, 2.45) is 0 Å². The highest BCUT2D eigenvalue weighted by atomic mass is 16.1. The van der Waals surface area contributed by atoms with Crippen LogP contribution in [0.15, 0.2) is 72.8 Å². The lowest BCUT2D eigenvalue weighted by Crippen LogP contribution is -2.11. The Morgan fingerprint density at radius 1 is 0.897 bits per heavy atom. The van der Waals surface area contributed by atoms with Gasteiger partial charge in [0.2, 0.25) is 0 Å². The molecule has 4 aromatic rings. The standard InChI is InChI=1S/C26H26N2O/c1-4-20-10-13-23(14-11-20)27-26(29)22-12-15-25-24(16-22)18(2)19(3)28(25)17-21-8-6-5-7-9-21/h5-16H,4,17H2,1-3H3,(H,27,29). The molecule has 0 fully saturated rings. The van der Waals surface area contributed by atoms with Gasteiger partial charge in [0.1, 0.15) is 0 Å². The molecule has 0 atom stereocenters. The van der Waals surface area contributed by atoms with E-state index >= 15 is 0 Å². The largest absolute Gasteiger partial charge is 0.340 e. The molecule has 0 bridgehead atoms. The summed E-state index contributed by atoms with van der Waals surface area (Å²) in [5.41, 5.74) is 7.64. The van der Waals surface area contributed by atoms with E-state index in [2.05, 4.69) is 73.1 Å². The minimum absolute atomic E-state index is 0.0796. The fourth-order valence-corrected chi connectivity index (χ4v) is 3.79. The number of rotatable bonds is 5. The molecule has 1 amide bonds. The van der Waals surface area contributed by atoms with E-state index in [4.69, 9.17) is 0 Å². The highest BCUT2D eigenvalue weighted by Gasteiger charge is 2.14. The molecule has 0 aliphatic rings. The van der Waals surface area contributed by atoms with Gasteiger partial charge in [-0.05, 0) is 67.3 Å². The quantitative estimate of drug-likeness (QED) is 0.443. The monoisotopic (exact) mass is 382 g/mol. The van der Waals surface area contributed by atoms with E-state index in [1.165, 1.54) is 22.4 Å². The van der Waals surface area contributed by atoms with E-state index in [1.807, 2.05) is 30.3 Å². The van der Waals surface area contributed by atoms with Crippen LogP contribution in [-0.2, 0) is 13.0 Å². The van der Waals surface area contributed by atoms with Crippen molar-refractivity contribution in [1.82, 2.24) is 4.57 Å². The lowest BCUT2D eigenvalue weighted by Gasteiger charge is -2.09. The lowest BCUT2D eigenvalue weighted by molar-refractivity contribution is 0.102. The maximum Gasteiger partial charge on any atom is 0.255 e. The second kappa shape index (κ2) is 7.96. The molecule has 146 valence electrons. The second-order valence-electron chi connectivity index (χ2n) is 7.52. The molecular weight excluding hydrogens is 356 g/mol. The number of hydrogen-bond donors (Lipinski definition) is 1. The number of fused-ring (bicyclic) bond motifs is 1. The number of hydrogen-bond acceptors (Lipinski definition) is 1. The van der Waals surface area contributed by atoms with E-state index in [0.717, 1.165) is 29.6 Å². The number of aromatic nitrogens is 1. The molecule has 0 saturated heterocycles. The third kappa shape index (κ3) is 3.81. The summed E-state index contributed by atoms with van der Waals surface area (Å²) < 4.78 is 2.32. The molecule has 1 N–H and O–H groups in total. The molecule has 0 unspecified atom stereocenters. The lowest BCUT2D eigenvalue weighted by atomic mass is 10.1. The maximum atomic E-state index is 12.8. The highest BCUT2D eigenvalue weighted by Crippen LogP contribution is 2.27. The minimum atomic E-state index is -0.0796. The number of carbonyl (C=O) groups excluding carboxylic acids is 1. The zero-order chi connectivity index (χ0) is 20.4. The van der Waals surface area contributed by atoms with Crippen LogP contribution >= 0.6 is 0 Å². The second-order valence-corrected chi connectivity index (χ2v) is 7.52. The van der Waals surface area contributed by atoms with Crippen LogP contribution < -0.4 is 5.32 Å². The van der Waals surface area contributed by atoms with Crippen LogP contribution in [-0.4, -0.2) is 10.5 Å². The van der Waals surface area contributed by atoms with Crippen molar-refractivity contribution in [3.8, 4) is 0 Å². The van der Waals surface area contributed by atoms with Gasteiger partial charge in [-0.25, -0.2) is 0 Å². The Balaban J connectivity index is 1.63. The Morgan fingerprint density at radius 3 is 2.31 bits per heavy atom. The summed E-state index contributed by atoms with van der Waals surface area (Å²) in [6.07, 6.45) is 0.990. The number of nitrogens with one attached hydrogen (secondary N) is 1. The molecule has 1 aromatic heterocycles. The van der Waals surface area contributed by atoms with Crippen LogP contribution in [0.1, 0.15) is 39.7 Å². The molecule has 0 spiro atoms. The summed E-state index contributed by atoms with van der Waals surface area (Å²) in [6, 6.07) is 24.5. The van der Waals surface area contributed by atoms with Crippen molar-refractivity contribution in [3.63, 3.8) is 0 Å². The summed E-state index contributed by atoms with van der Waals surface area (Å²) in [6.45, 7) is 7.22. The van der Waals surface area contributed by atoms with Crippen molar-refractivity contribution < 1.29 is 4.79 Å². The average Bonchev–Trinajstić information content (AvgIpc) is 2.99. The van der Waals surface area contributed by atoms with Crippen molar-refractivity contribution >= 4 is 22.5 Å². The normalized spacial score (nSPS) is 11.0. The third-order valence-electron chi connectivity index (χ3n) is 5.70. The number of anilines is 1. The van der Waals surface area contributed by atoms with E-state index in [-0.39, 0.29) is 5.91 Å². The number of amides is 1. The molecule has 0 saturated carbocycles. The molecule has 3 aromatic carbocycles. The third-order valence-corrected chi connectivity index (χ3v) is 5.70. The van der Waals surface area contributed by atoms with Gasteiger partial charge < -0.3 is 9.88 Å². The van der Waals surface area contributed by atoms with Gasteiger partial charge in [0, 0.05) is 34.4 Å².